The molecule has 0 aliphatic carbocycles. The van der Waals surface area contributed by atoms with Crippen LogP contribution in [0.4, 0.5) is 4.39 Å². The quantitative estimate of drug-likeness (QED) is 0.825. The van der Waals surface area contributed by atoms with Gasteiger partial charge in [-0.25, -0.2) is 9.18 Å². The summed E-state index contributed by atoms with van der Waals surface area (Å²) in [6, 6.07) is 7.09. The average Bonchev–Trinajstić information content (AvgIpc) is 2.37. The van der Waals surface area contributed by atoms with Crippen molar-refractivity contribution in [3.8, 4) is 11.1 Å². The van der Waals surface area contributed by atoms with Crippen molar-refractivity contribution >= 4 is 5.97 Å². The maximum atomic E-state index is 13.7. The van der Waals surface area contributed by atoms with Gasteiger partial charge in [-0.15, -0.1) is 0 Å². The fourth-order valence-corrected chi connectivity index (χ4v) is 1.59. The molecule has 5 heteroatoms. The lowest BCUT2D eigenvalue weighted by molar-refractivity contribution is 0.0595. The van der Waals surface area contributed by atoms with E-state index in [0.717, 1.165) is 0 Å². The van der Waals surface area contributed by atoms with Crippen LogP contribution in [0.2, 0.25) is 0 Å². The second-order valence-electron chi connectivity index (χ2n) is 3.63. The molecule has 4 nitrogen and oxygen atoms in total. The number of aromatic amines is 1. The molecule has 1 heterocycles. The Morgan fingerprint density at radius 2 is 1.94 bits per heavy atom. The number of ether oxygens (including phenoxy) is 1. The van der Waals surface area contributed by atoms with Gasteiger partial charge in [0.2, 0.25) is 5.56 Å². The maximum Gasteiger partial charge on any atom is 0.340 e. The van der Waals surface area contributed by atoms with Crippen molar-refractivity contribution in [1.29, 1.82) is 0 Å². The monoisotopic (exact) mass is 247 g/mol. The van der Waals surface area contributed by atoms with Crippen molar-refractivity contribution in [2.24, 2.45) is 0 Å². The molecule has 0 saturated heterocycles. The first-order valence-electron chi connectivity index (χ1n) is 5.19. The van der Waals surface area contributed by atoms with Crippen LogP contribution >= 0.6 is 0 Å². The fourth-order valence-electron chi connectivity index (χ4n) is 1.59. The molecule has 18 heavy (non-hydrogen) atoms. The highest BCUT2D eigenvalue weighted by Crippen LogP contribution is 2.20. The van der Waals surface area contributed by atoms with Crippen LogP contribution in [-0.2, 0) is 4.74 Å². The zero-order chi connectivity index (χ0) is 13.1. The van der Waals surface area contributed by atoms with Crippen molar-refractivity contribution in [3.05, 3.63) is 58.3 Å². The van der Waals surface area contributed by atoms with Gasteiger partial charge in [0, 0.05) is 12.3 Å². The van der Waals surface area contributed by atoms with Crippen LogP contribution in [-0.4, -0.2) is 18.1 Å². The fraction of sp³-hybridized carbons (Fsp3) is 0.0769. The third-order valence-electron chi connectivity index (χ3n) is 2.48. The van der Waals surface area contributed by atoms with Crippen LogP contribution in [0.5, 0.6) is 0 Å². The Labute approximate surface area is 102 Å². The van der Waals surface area contributed by atoms with Crippen molar-refractivity contribution in [3.63, 3.8) is 0 Å². The summed E-state index contributed by atoms with van der Waals surface area (Å²) in [4.78, 5) is 24.8. The lowest BCUT2D eigenvalue weighted by Gasteiger charge is -2.04. The minimum absolute atomic E-state index is 0.133. The highest BCUT2D eigenvalue weighted by Gasteiger charge is 2.12. The van der Waals surface area contributed by atoms with Crippen molar-refractivity contribution in [1.82, 2.24) is 4.98 Å². The molecule has 2 aromatic rings. The summed E-state index contributed by atoms with van der Waals surface area (Å²) in [5.41, 5.74) is 0.691. The van der Waals surface area contributed by atoms with Gasteiger partial charge in [-0.3, -0.25) is 4.79 Å². The minimum Gasteiger partial charge on any atom is -0.465 e. The number of hydrogen-bond donors (Lipinski definition) is 1. The molecule has 0 saturated carbocycles. The molecule has 0 atom stereocenters. The Hall–Kier alpha value is -2.43. The van der Waals surface area contributed by atoms with E-state index in [1.165, 1.54) is 31.5 Å². The lowest BCUT2D eigenvalue weighted by atomic mass is 10.0. The molecule has 1 aromatic heterocycles. The molecule has 0 unspecified atom stereocenters. The van der Waals surface area contributed by atoms with Crippen molar-refractivity contribution in [2.75, 3.05) is 7.11 Å². The number of rotatable bonds is 2. The minimum atomic E-state index is -0.732. The Bertz CT molecular complexity index is 649. The zero-order valence-electron chi connectivity index (χ0n) is 9.57. The molecule has 0 fully saturated rings. The molecule has 1 aromatic carbocycles. The normalized spacial score (nSPS) is 10.1. The summed E-state index contributed by atoms with van der Waals surface area (Å²) in [5, 5.41) is 0. The second kappa shape index (κ2) is 4.83. The summed E-state index contributed by atoms with van der Waals surface area (Å²) >= 11 is 0. The maximum absolute atomic E-state index is 13.7. The van der Waals surface area contributed by atoms with Gasteiger partial charge in [-0.1, -0.05) is 6.07 Å². The van der Waals surface area contributed by atoms with Gasteiger partial charge in [0.05, 0.1) is 12.7 Å². The number of hydrogen-bond acceptors (Lipinski definition) is 3. The van der Waals surface area contributed by atoms with Gasteiger partial charge >= 0.3 is 5.97 Å². The summed E-state index contributed by atoms with van der Waals surface area (Å²) in [6.45, 7) is 0. The number of H-pyrrole nitrogens is 1. The predicted molar refractivity (Wildman–Crippen MR) is 63.8 cm³/mol. The van der Waals surface area contributed by atoms with Crippen LogP contribution in [0.25, 0.3) is 11.1 Å². The number of methoxy groups -OCH3 is 1. The molecule has 2 rings (SSSR count). The smallest absolute Gasteiger partial charge is 0.340 e. The molecule has 92 valence electrons. The van der Waals surface area contributed by atoms with Crippen LogP contribution in [0.3, 0.4) is 0 Å². The first-order chi connectivity index (χ1) is 8.61. The van der Waals surface area contributed by atoms with Gasteiger partial charge in [0.1, 0.15) is 5.82 Å². The Balaban J connectivity index is 2.46. The lowest BCUT2D eigenvalue weighted by Crippen LogP contribution is -2.05. The Morgan fingerprint density at radius 3 is 2.56 bits per heavy atom. The topological polar surface area (TPSA) is 59.2 Å². The second-order valence-corrected chi connectivity index (χ2v) is 3.63. The molecule has 0 amide bonds. The standard InChI is InChI=1S/C13H10FNO3/c1-18-13(17)10-3-2-8(6-11(10)14)9-4-5-15-12(16)7-9/h2-7H,1H3,(H,15,16). The van der Waals surface area contributed by atoms with Crippen LogP contribution < -0.4 is 5.56 Å². The number of esters is 1. The largest absolute Gasteiger partial charge is 0.465 e. The molecule has 0 aliphatic heterocycles. The number of benzene rings is 1. The number of carbonyl (C=O) groups excluding carboxylic acids is 1. The molecule has 0 radical (unpaired) electrons. The van der Waals surface area contributed by atoms with Crippen LogP contribution in [0.15, 0.2) is 41.3 Å². The molecule has 0 aliphatic rings. The van der Waals surface area contributed by atoms with E-state index in [1.807, 2.05) is 0 Å². The van der Waals surface area contributed by atoms with Gasteiger partial charge in [-0.05, 0) is 29.3 Å². The van der Waals surface area contributed by atoms with Crippen LogP contribution in [0.1, 0.15) is 10.4 Å². The molecule has 0 bridgehead atoms. The summed E-state index contributed by atoms with van der Waals surface area (Å²) in [6.07, 6.45) is 1.48. The van der Waals surface area contributed by atoms with E-state index in [1.54, 1.807) is 12.1 Å². The van der Waals surface area contributed by atoms with Gasteiger partial charge < -0.3 is 9.72 Å². The third-order valence-corrected chi connectivity index (χ3v) is 2.48. The van der Waals surface area contributed by atoms with E-state index in [0.29, 0.717) is 11.1 Å². The van der Waals surface area contributed by atoms with E-state index in [9.17, 15) is 14.0 Å². The third kappa shape index (κ3) is 2.29. The summed E-state index contributed by atoms with van der Waals surface area (Å²) in [7, 11) is 1.19. The molecule has 1 N–H and O–H groups in total. The van der Waals surface area contributed by atoms with E-state index in [4.69, 9.17) is 0 Å². The zero-order valence-corrected chi connectivity index (χ0v) is 9.57. The number of carbonyl (C=O) groups is 1. The molecular weight excluding hydrogens is 237 g/mol. The van der Waals surface area contributed by atoms with E-state index < -0.39 is 11.8 Å². The summed E-state index contributed by atoms with van der Waals surface area (Å²) < 4.78 is 18.1. The predicted octanol–water partition coefficient (Wildman–Crippen LogP) is 1.97. The van der Waals surface area contributed by atoms with Crippen LogP contribution in [0, 0.1) is 5.82 Å². The average molecular weight is 247 g/mol. The van der Waals surface area contributed by atoms with Crippen molar-refractivity contribution < 1.29 is 13.9 Å². The van der Waals surface area contributed by atoms with E-state index >= 15 is 0 Å². The van der Waals surface area contributed by atoms with Gasteiger partial charge in [0.15, 0.2) is 0 Å². The van der Waals surface area contributed by atoms with E-state index in [2.05, 4.69) is 9.72 Å². The van der Waals surface area contributed by atoms with Gasteiger partial charge in [0.25, 0.3) is 0 Å². The Kier molecular flexibility index (Phi) is 3.23. The van der Waals surface area contributed by atoms with E-state index in [-0.39, 0.29) is 11.1 Å². The number of nitrogens with one attached hydrogen (secondary N) is 1. The SMILES string of the molecule is COC(=O)c1ccc(-c2cc[nH]c(=O)c2)cc1F. The first kappa shape index (κ1) is 12.0. The number of pyridine rings is 1. The summed E-state index contributed by atoms with van der Waals surface area (Å²) in [5.74, 6) is -1.41. The van der Waals surface area contributed by atoms with Gasteiger partial charge in [-0.2, -0.15) is 0 Å². The highest BCUT2D eigenvalue weighted by molar-refractivity contribution is 5.90. The number of aromatic nitrogens is 1. The molecular formula is C13H10FNO3. The Morgan fingerprint density at radius 1 is 1.22 bits per heavy atom. The number of halogens is 1. The first-order valence-corrected chi connectivity index (χ1v) is 5.19. The molecule has 0 spiro atoms. The highest BCUT2D eigenvalue weighted by atomic mass is 19.1. The van der Waals surface area contributed by atoms with Crippen molar-refractivity contribution in [2.45, 2.75) is 0 Å².